The van der Waals surface area contributed by atoms with E-state index >= 15 is 0 Å². The molecule has 0 bridgehead atoms. The SMILES string of the molecule is CCCCCn1cnc2sc(C(=O)N3CCCC3)c(C)c2c1=O. The Labute approximate surface area is 139 Å². The van der Waals surface area contributed by atoms with Crippen molar-refractivity contribution in [3.05, 3.63) is 27.1 Å². The first-order valence-corrected chi connectivity index (χ1v) is 9.23. The minimum absolute atomic E-state index is 0.0136. The number of hydrogen-bond acceptors (Lipinski definition) is 4. The molecule has 3 heterocycles. The number of rotatable bonds is 5. The van der Waals surface area contributed by atoms with Gasteiger partial charge in [-0.3, -0.25) is 14.2 Å². The number of carbonyl (C=O) groups is 1. The molecule has 124 valence electrons. The predicted octanol–water partition coefficient (Wildman–Crippen LogP) is 3.19. The second kappa shape index (κ2) is 6.83. The van der Waals surface area contributed by atoms with E-state index in [1.807, 2.05) is 11.8 Å². The van der Waals surface area contributed by atoms with Crippen LogP contribution >= 0.6 is 11.3 Å². The number of thiophene rings is 1. The summed E-state index contributed by atoms with van der Waals surface area (Å²) in [5, 5.41) is 0.622. The molecule has 2 aromatic rings. The number of aromatic nitrogens is 2. The second-order valence-corrected chi connectivity index (χ2v) is 7.18. The highest BCUT2D eigenvalue weighted by molar-refractivity contribution is 7.20. The maximum atomic E-state index is 12.7. The Morgan fingerprint density at radius 1 is 1.30 bits per heavy atom. The molecule has 0 atom stereocenters. The molecule has 0 aromatic carbocycles. The predicted molar refractivity (Wildman–Crippen MR) is 93.3 cm³/mol. The smallest absolute Gasteiger partial charge is 0.264 e. The van der Waals surface area contributed by atoms with Crippen LogP contribution in [-0.2, 0) is 6.54 Å². The zero-order valence-electron chi connectivity index (χ0n) is 13.8. The van der Waals surface area contributed by atoms with Crippen LogP contribution in [0.25, 0.3) is 10.2 Å². The molecule has 0 radical (unpaired) electrons. The van der Waals surface area contributed by atoms with Crippen LogP contribution in [0.15, 0.2) is 11.1 Å². The number of amides is 1. The summed E-state index contributed by atoms with van der Waals surface area (Å²) in [6, 6.07) is 0. The van der Waals surface area contributed by atoms with Crippen LogP contribution in [0.1, 0.15) is 54.3 Å². The Morgan fingerprint density at radius 2 is 2.04 bits per heavy atom. The Hall–Kier alpha value is -1.69. The molecule has 1 fully saturated rings. The highest BCUT2D eigenvalue weighted by atomic mass is 32.1. The van der Waals surface area contributed by atoms with Gasteiger partial charge in [-0.05, 0) is 31.7 Å². The largest absolute Gasteiger partial charge is 0.338 e. The highest BCUT2D eigenvalue weighted by Gasteiger charge is 2.25. The summed E-state index contributed by atoms with van der Waals surface area (Å²) in [5.41, 5.74) is 0.782. The molecule has 5 nitrogen and oxygen atoms in total. The van der Waals surface area contributed by atoms with Crippen LogP contribution in [0.5, 0.6) is 0 Å². The average molecular weight is 333 g/mol. The van der Waals surface area contributed by atoms with Gasteiger partial charge in [0.2, 0.25) is 0 Å². The topological polar surface area (TPSA) is 55.2 Å². The molecule has 0 unspecified atom stereocenters. The molecule has 1 aliphatic heterocycles. The first-order valence-electron chi connectivity index (χ1n) is 8.41. The summed E-state index contributed by atoms with van der Waals surface area (Å²) in [6.07, 6.45) is 6.96. The van der Waals surface area contributed by atoms with Gasteiger partial charge in [0.1, 0.15) is 4.83 Å². The molecular weight excluding hydrogens is 310 g/mol. The van der Waals surface area contributed by atoms with E-state index in [-0.39, 0.29) is 11.5 Å². The fourth-order valence-electron chi connectivity index (χ4n) is 3.12. The zero-order chi connectivity index (χ0) is 16.4. The van der Waals surface area contributed by atoms with Crippen LogP contribution in [0.4, 0.5) is 0 Å². The van der Waals surface area contributed by atoms with Gasteiger partial charge >= 0.3 is 0 Å². The maximum absolute atomic E-state index is 12.7. The third-order valence-electron chi connectivity index (χ3n) is 4.51. The van der Waals surface area contributed by atoms with E-state index in [4.69, 9.17) is 0 Å². The molecule has 1 amide bonds. The quantitative estimate of drug-likeness (QED) is 0.790. The van der Waals surface area contributed by atoms with E-state index in [1.54, 1.807) is 10.9 Å². The zero-order valence-corrected chi connectivity index (χ0v) is 14.6. The van der Waals surface area contributed by atoms with Crippen molar-refractivity contribution in [2.75, 3.05) is 13.1 Å². The second-order valence-electron chi connectivity index (χ2n) is 6.19. The molecule has 0 N–H and O–H groups in total. The number of aryl methyl sites for hydroxylation is 2. The summed E-state index contributed by atoms with van der Waals surface area (Å²) in [5.74, 6) is 0.0555. The van der Waals surface area contributed by atoms with E-state index < -0.39 is 0 Å². The summed E-state index contributed by atoms with van der Waals surface area (Å²) < 4.78 is 1.68. The Kier molecular flexibility index (Phi) is 4.80. The molecule has 0 spiro atoms. The van der Waals surface area contributed by atoms with Crippen LogP contribution in [0.2, 0.25) is 0 Å². The third-order valence-corrected chi connectivity index (χ3v) is 5.70. The molecule has 3 rings (SSSR count). The maximum Gasteiger partial charge on any atom is 0.264 e. The Bertz CT molecular complexity index is 772. The van der Waals surface area contributed by atoms with Crippen molar-refractivity contribution in [3.8, 4) is 0 Å². The van der Waals surface area contributed by atoms with E-state index in [0.717, 1.165) is 50.8 Å². The van der Waals surface area contributed by atoms with Crippen molar-refractivity contribution in [3.63, 3.8) is 0 Å². The van der Waals surface area contributed by atoms with Gasteiger partial charge in [0.25, 0.3) is 11.5 Å². The summed E-state index contributed by atoms with van der Waals surface area (Å²) in [6.45, 7) is 6.35. The van der Waals surface area contributed by atoms with Gasteiger partial charge in [-0.25, -0.2) is 4.98 Å². The number of likely N-dealkylation sites (tertiary alicyclic amines) is 1. The fourth-order valence-corrected chi connectivity index (χ4v) is 4.23. The van der Waals surface area contributed by atoms with Crippen molar-refractivity contribution in [1.82, 2.24) is 14.5 Å². The van der Waals surface area contributed by atoms with Gasteiger partial charge in [-0.1, -0.05) is 19.8 Å². The molecule has 6 heteroatoms. The average Bonchev–Trinajstić information content (AvgIpc) is 3.18. The Balaban J connectivity index is 1.96. The van der Waals surface area contributed by atoms with Crippen molar-refractivity contribution < 1.29 is 4.79 Å². The minimum atomic E-state index is -0.0136. The molecule has 0 aliphatic carbocycles. The number of nitrogens with zero attached hydrogens (tertiary/aromatic N) is 3. The highest BCUT2D eigenvalue weighted by Crippen LogP contribution is 2.29. The van der Waals surface area contributed by atoms with E-state index in [1.165, 1.54) is 11.3 Å². The molecule has 1 saturated heterocycles. The van der Waals surface area contributed by atoms with Gasteiger partial charge in [-0.15, -0.1) is 11.3 Å². The van der Waals surface area contributed by atoms with Crippen LogP contribution in [0, 0.1) is 6.92 Å². The van der Waals surface area contributed by atoms with Gasteiger partial charge < -0.3 is 4.90 Å². The standard InChI is InChI=1S/C17H23N3O2S/c1-3-4-5-10-20-11-18-15-13(16(20)21)12(2)14(23-15)17(22)19-8-6-7-9-19/h11H,3-10H2,1-2H3. The van der Waals surface area contributed by atoms with Gasteiger partial charge in [0.05, 0.1) is 16.6 Å². The van der Waals surface area contributed by atoms with Crippen LogP contribution in [0.3, 0.4) is 0 Å². The number of fused-ring (bicyclic) bond motifs is 1. The monoisotopic (exact) mass is 333 g/mol. The minimum Gasteiger partial charge on any atom is -0.338 e. The lowest BCUT2D eigenvalue weighted by Crippen LogP contribution is -2.27. The lowest BCUT2D eigenvalue weighted by molar-refractivity contribution is 0.0797. The number of unbranched alkanes of at least 4 members (excludes halogenated alkanes) is 2. The number of hydrogen-bond donors (Lipinski definition) is 0. The molecule has 0 saturated carbocycles. The van der Waals surface area contributed by atoms with Crippen LogP contribution < -0.4 is 5.56 Å². The third kappa shape index (κ3) is 3.04. The van der Waals surface area contributed by atoms with Crippen molar-refractivity contribution in [2.24, 2.45) is 0 Å². The number of carbonyl (C=O) groups excluding carboxylic acids is 1. The first-order chi connectivity index (χ1) is 11.1. The van der Waals surface area contributed by atoms with Gasteiger partial charge in [-0.2, -0.15) is 0 Å². The van der Waals surface area contributed by atoms with E-state index in [9.17, 15) is 9.59 Å². The lowest BCUT2D eigenvalue weighted by Gasteiger charge is -2.14. The summed E-state index contributed by atoms with van der Waals surface area (Å²) in [4.78, 5) is 33.0. The first kappa shape index (κ1) is 16.2. The molecule has 1 aliphatic rings. The van der Waals surface area contributed by atoms with Crippen LogP contribution in [-0.4, -0.2) is 33.4 Å². The van der Waals surface area contributed by atoms with Gasteiger partial charge in [0, 0.05) is 19.6 Å². The summed E-state index contributed by atoms with van der Waals surface area (Å²) >= 11 is 1.35. The molecule has 23 heavy (non-hydrogen) atoms. The molecule has 2 aromatic heterocycles. The lowest BCUT2D eigenvalue weighted by atomic mass is 10.2. The van der Waals surface area contributed by atoms with E-state index in [0.29, 0.717) is 21.6 Å². The van der Waals surface area contributed by atoms with E-state index in [2.05, 4.69) is 11.9 Å². The van der Waals surface area contributed by atoms with Crippen molar-refractivity contribution >= 4 is 27.5 Å². The fraction of sp³-hybridized carbons (Fsp3) is 0.588. The normalized spacial score (nSPS) is 14.8. The summed E-state index contributed by atoms with van der Waals surface area (Å²) in [7, 11) is 0. The Morgan fingerprint density at radius 3 is 2.74 bits per heavy atom. The van der Waals surface area contributed by atoms with Crippen molar-refractivity contribution in [1.29, 1.82) is 0 Å². The van der Waals surface area contributed by atoms with Gasteiger partial charge in [0.15, 0.2) is 0 Å². The molecular formula is C17H23N3O2S. The van der Waals surface area contributed by atoms with Crippen molar-refractivity contribution in [2.45, 2.75) is 52.5 Å².